The SMILES string of the molecule is CCCCCCN(CCCCCC)c1ccc(OC2=C(/C=C/C3=[N+](CCCCS(=O)(=O)[O-])c4ccc5ccccc5c4C3(C)C)CCC/C2=C\C=C2\N(CCCCC)c3ccc4ccccc4c3C2(C)C)cc1. The largest absolute Gasteiger partial charge is 0.748 e. The van der Waals surface area contributed by atoms with Crippen LogP contribution < -0.4 is 14.5 Å². The van der Waals surface area contributed by atoms with E-state index in [-0.39, 0.29) is 16.6 Å². The van der Waals surface area contributed by atoms with Crippen LogP contribution in [0.15, 0.2) is 144 Å². The molecule has 0 fully saturated rings. The minimum absolute atomic E-state index is 0.221. The summed E-state index contributed by atoms with van der Waals surface area (Å²) >= 11 is 0. The molecule has 8 rings (SSSR count). The molecule has 3 aliphatic rings. The number of anilines is 2. The van der Waals surface area contributed by atoms with E-state index in [1.165, 1.54) is 120 Å². The molecule has 0 bridgehead atoms. The minimum Gasteiger partial charge on any atom is -0.748 e. The van der Waals surface area contributed by atoms with Gasteiger partial charge in [-0.05, 0) is 146 Å². The standard InChI is InChI=1S/C65H83N3O4S/c1-8-11-14-21-44-66(45-22-15-12-9-2)53-36-38-54(39-37-53)72-63-51(34-42-59-64(4,5)61-55-30-18-16-26-49(55)32-40-57(61)67(59)46-20-13-10-3)28-25-29-52(63)35-43-60-65(6,7)62-56-31-19-17-27-50(56)33-41-58(62)68(60)47-23-24-48-73(69,70)71/h16-19,26-27,30-43H,8-15,20-25,28-29,44-48H2,1-7H3. The summed E-state index contributed by atoms with van der Waals surface area (Å²) in [5.41, 5.74) is 10.6. The van der Waals surface area contributed by atoms with Crippen LogP contribution in [0.1, 0.15) is 162 Å². The van der Waals surface area contributed by atoms with Crippen LogP contribution in [0, 0.1) is 0 Å². The van der Waals surface area contributed by atoms with Gasteiger partial charge in [0.05, 0.1) is 15.5 Å². The first kappa shape index (κ1) is 53.8. The maximum absolute atomic E-state index is 11.7. The molecule has 388 valence electrons. The highest BCUT2D eigenvalue weighted by molar-refractivity contribution is 7.85. The highest BCUT2D eigenvalue weighted by atomic mass is 32.2. The second-order valence-electron chi connectivity index (χ2n) is 22.0. The first-order valence-corrected chi connectivity index (χ1v) is 29.6. The average molecular weight is 1000 g/mol. The van der Waals surface area contributed by atoms with Crippen molar-refractivity contribution in [3.05, 3.63) is 155 Å². The molecule has 2 heterocycles. The molecule has 1 aliphatic carbocycles. The average Bonchev–Trinajstić information content (AvgIpc) is 3.74. The predicted octanol–water partition coefficient (Wildman–Crippen LogP) is 16.5. The number of nitrogens with zero attached hydrogens (tertiary/aromatic N) is 3. The van der Waals surface area contributed by atoms with Crippen LogP contribution in [0.3, 0.4) is 0 Å². The fraction of sp³-hybridized carbons (Fsp3) is 0.462. The second-order valence-corrected chi connectivity index (χ2v) is 23.5. The Balaban J connectivity index is 1.21. The number of hydrogen-bond acceptors (Lipinski definition) is 6. The smallest absolute Gasteiger partial charge is 0.210 e. The molecule has 7 nitrogen and oxygen atoms in total. The molecule has 0 amide bonds. The topological polar surface area (TPSA) is 75.9 Å². The number of fused-ring (bicyclic) bond motifs is 6. The maximum atomic E-state index is 11.7. The fourth-order valence-electron chi connectivity index (χ4n) is 12.0. The second kappa shape index (κ2) is 24.3. The van der Waals surface area contributed by atoms with Crippen molar-refractivity contribution in [2.24, 2.45) is 0 Å². The van der Waals surface area contributed by atoms with Gasteiger partial charge < -0.3 is 19.1 Å². The Morgan fingerprint density at radius 3 is 1.95 bits per heavy atom. The molecule has 0 spiro atoms. The lowest BCUT2D eigenvalue weighted by Crippen LogP contribution is -2.28. The summed E-state index contributed by atoms with van der Waals surface area (Å²) in [4.78, 5) is 5.18. The van der Waals surface area contributed by atoms with Crippen molar-refractivity contribution in [1.29, 1.82) is 0 Å². The van der Waals surface area contributed by atoms with Crippen LogP contribution in [0.4, 0.5) is 17.1 Å². The van der Waals surface area contributed by atoms with Crippen molar-refractivity contribution in [3.63, 3.8) is 0 Å². The van der Waals surface area contributed by atoms with Crippen LogP contribution in [0.25, 0.3) is 21.5 Å². The van der Waals surface area contributed by atoms with Crippen molar-refractivity contribution >= 4 is 54.4 Å². The highest BCUT2D eigenvalue weighted by Crippen LogP contribution is 2.51. The van der Waals surface area contributed by atoms with E-state index in [2.05, 4.69) is 184 Å². The fourth-order valence-corrected chi connectivity index (χ4v) is 12.6. The third-order valence-corrected chi connectivity index (χ3v) is 16.7. The molecule has 0 saturated heterocycles. The minimum atomic E-state index is -4.30. The Kier molecular flexibility index (Phi) is 17.9. The van der Waals surface area contributed by atoms with Crippen LogP contribution in [0.5, 0.6) is 5.75 Å². The van der Waals surface area contributed by atoms with Gasteiger partial charge in [-0.15, -0.1) is 0 Å². The molecule has 0 radical (unpaired) electrons. The van der Waals surface area contributed by atoms with Crippen molar-refractivity contribution in [1.82, 2.24) is 0 Å². The Hall–Kier alpha value is -5.44. The summed E-state index contributed by atoms with van der Waals surface area (Å²) in [5.74, 6) is 1.41. The number of allylic oxidation sites excluding steroid dienone is 7. The van der Waals surface area contributed by atoms with E-state index < -0.39 is 10.1 Å². The van der Waals surface area contributed by atoms with E-state index in [0.29, 0.717) is 19.4 Å². The maximum Gasteiger partial charge on any atom is 0.210 e. The van der Waals surface area contributed by atoms with Crippen molar-refractivity contribution < 1.29 is 22.3 Å². The molecule has 2 aliphatic heterocycles. The van der Waals surface area contributed by atoms with Gasteiger partial charge in [-0.2, -0.15) is 4.58 Å². The summed E-state index contributed by atoms with van der Waals surface area (Å²) in [6.45, 7) is 20.0. The summed E-state index contributed by atoms with van der Waals surface area (Å²) in [6, 6.07) is 35.4. The van der Waals surface area contributed by atoms with Crippen LogP contribution in [-0.2, 0) is 20.9 Å². The molecule has 5 aromatic carbocycles. The van der Waals surface area contributed by atoms with Crippen LogP contribution >= 0.6 is 0 Å². The molecule has 0 saturated carbocycles. The first-order valence-electron chi connectivity index (χ1n) is 28.0. The van der Waals surface area contributed by atoms with Crippen LogP contribution in [-0.4, -0.2) is 55.2 Å². The molecule has 0 aromatic heterocycles. The lowest BCUT2D eigenvalue weighted by atomic mass is 9.78. The molecular weight excluding hydrogens is 919 g/mol. The van der Waals surface area contributed by atoms with E-state index in [1.807, 2.05) is 0 Å². The van der Waals surface area contributed by atoms with E-state index >= 15 is 0 Å². The molecule has 0 N–H and O–H groups in total. The Morgan fingerprint density at radius 1 is 0.658 bits per heavy atom. The van der Waals surface area contributed by atoms with Crippen molar-refractivity contribution in [3.8, 4) is 5.75 Å². The summed E-state index contributed by atoms with van der Waals surface area (Å²) in [5, 5.41) is 5.02. The third-order valence-electron chi connectivity index (χ3n) is 15.9. The van der Waals surface area contributed by atoms with Gasteiger partial charge in [-0.1, -0.05) is 147 Å². The van der Waals surface area contributed by atoms with Gasteiger partial charge in [0.25, 0.3) is 0 Å². The van der Waals surface area contributed by atoms with E-state index in [0.717, 1.165) is 73.8 Å². The van der Waals surface area contributed by atoms with Gasteiger partial charge in [0.2, 0.25) is 5.69 Å². The Bertz CT molecular complexity index is 2980. The van der Waals surface area contributed by atoms with Gasteiger partial charge in [0, 0.05) is 72.0 Å². The summed E-state index contributed by atoms with van der Waals surface area (Å²) in [6.07, 6.45) is 26.5. The third kappa shape index (κ3) is 12.4. The zero-order chi connectivity index (χ0) is 51.6. The van der Waals surface area contributed by atoms with E-state index in [4.69, 9.17) is 4.74 Å². The summed E-state index contributed by atoms with van der Waals surface area (Å²) in [7, 11) is -4.30. The van der Waals surface area contributed by atoms with E-state index in [9.17, 15) is 13.0 Å². The normalized spacial score (nSPS) is 17.5. The molecule has 0 atom stereocenters. The molecule has 5 aromatic rings. The Morgan fingerprint density at radius 2 is 1.29 bits per heavy atom. The predicted molar refractivity (Wildman–Crippen MR) is 308 cm³/mol. The van der Waals surface area contributed by atoms with Gasteiger partial charge in [-0.25, -0.2) is 8.42 Å². The lowest BCUT2D eigenvalue weighted by molar-refractivity contribution is -0.438. The summed E-state index contributed by atoms with van der Waals surface area (Å²) < 4.78 is 44.6. The first-order chi connectivity index (χ1) is 35.3. The Labute approximate surface area is 439 Å². The van der Waals surface area contributed by atoms with Gasteiger partial charge >= 0.3 is 0 Å². The van der Waals surface area contributed by atoms with Crippen LogP contribution in [0.2, 0.25) is 0 Å². The molecule has 0 unspecified atom stereocenters. The van der Waals surface area contributed by atoms with Gasteiger partial charge in [0.15, 0.2) is 5.71 Å². The number of benzene rings is 5. The number of ether oxygens (including phenoxy) is 1. The van der Waals surface area contributed by atoms with Gasteiger partial charge in [0.1, 0.15) is 18.1 Å². The zero-order valence-corrected chi connectivity index (χ0v) is 46.1. The molecule has 8 heteroatoms. The number of hydrogen-bond donors (Lipinski definition) is 0. The zero-order valence-electron chi connectivity index (χ0n) is 45.3. The highest BCUT2D eigenvalue weighted by Gasteiger charge is 2.46. The molecular formula is C65H83N3O4S. The number of unbranched alkanes of at least 4 members (excludes halogenated alkanes) is 9. The monoisotopic (exact) mass is 1000 g/mol. The molecule has 73 heavy (non-hydrogen) atoms. The lowest BCUT2D eigenvalue weighted by Gasteiger charge is -2.28. The number of rotatable bonds is 25. The van der Waals surface area contributed by atoms with Crippen molar-refractivity contribution in [2.75, 3.05) is 41.7 Å². The van der Waals surface area contributed by atoms with Gasteiger partial charge in [-0.3, -0.25) is 0 Å². The quantitative estimate of drug-likeness (QED) is 0.0329. The van der Waals surface area contributed by atoms with E-state index in [1.54, 1.807) is 0 Å². The van der Waals surface area contributed by atoms with Crippen molar-refractivity contribution in [2.45, 2.75) is 162 Å².